The minimum Gasteiger partial charge on any atom is -0.494 e. The Balaban J connectivity index is 1.37. The van der Waals surface area contributed by atoms with Crippen LogP contribution in [0, 0.1) is 13.8 Å². The standard InChI is InChI=1S/C44H56N12O7/c1-8-52(17-19-61-6)14-13-18-63-36-25-30(40(45)57)22-29-26-37(48-42(59)33-20-27(4)50-55(33)9-2)53(38(29)36)15-11-12-16-54-39-32(23-31(41(46)58)24-35(39)62-7)47-44(54)49-43(60)34-21-28(5)51-56(34)10-3/h11-12,20-25H,8-10,13-19,26H2,1-7H3,(H2,45,57)(H2,46,58)(H,47,49,60)/b12-11+,48-37?. The second-order valence-electron chi connectivity index (χ2n) is 15.0. The summed E-state index contributed by atoms with van der Waals surface area (Å²) in [7, 11) is 3.15. The van der Waals surface area contributed by atoms with E-state index < -0.39 is 23.6 Å². The van der Waals surface area contributed by atoms with Gasteiger partial charge in [0.05, 0.1) is 42.9 Å². The third-order valence-corrected chi connectivity index (χ3v) is 10.7. The second-order valence-corrected chi connectivity index (χ2v) is 15.0. The van der Waals surface area contributed by atoms with Crippen molar-refractivity contribution in [3.8, 4) is 11.5 Å². The van der Waals surface area contributed by atoms with E-state index in [9.17, 15) is 19.2 Å². The van der Waals surface area contributed by atoms with Gasteiger partial charge in [-0.05, 0) is 82.6 Å². The fourth-order valence-electron chi connectivity index (χ4n) is 7.60. The van der Waals surface area contributed by atoms with Crippen LogP contribution in [0.1, 0.15) is 85.8 Å². The quantitative estimate of drug-likeness (QED) is 0.0698. The van der Waals surface area contributed by atoms with E-state index >= 15 is 0 Å². The number of allylic oxidation sites excluding steroid dienone is 1. The molecule has 0 bridgehead atoms. The van der Waals surface area contributed by atoms with Crippen LogP contribution in [0.3, 0.4) is 0 Å². The highest BCUT2D eigenvalue weighted by molar-refractivity contribution is 6.14. The summed E-state index contributed by atoms with van der Waals surface area (Å²) < 4.78 is 22.4. The molecular weight excluding hydrogens is 809 g/mol. The van der Waals surface area contributed by atoms with Gasteiger partial charge in [-0.3, -0.25) is 33.9 Å². The summed E-state index contributed by atoms with van der Waals surface area (Å²) in [5.41, 5.74) is 16.3. The number of amides is 4. The molecule has 5 N–H and O–H groups in total. The molecular formula is C44H56N12O7. The number of amidine groups is 1. The maximum atomic E-state index is 13.8. The van der Waals surface area contributed by atoms with Crippen LogP contribution in [-0.2, 0) is 30.8 Å². The fraction of sp³-hybridized carbons (Fsp3) is 0.409. The number of aromatic nitrogens is 6. The van der Waals surface area contributed by atoms with Crippen molar-refractivity contribution >= 4 is 52.1 Å². The van der Waals surface area contributed by atoms with Crippen LogP contribution in [-0.4, -0.2) is 117 Å². The second kappa shape index (κ2) is 20.3. The summed E-state index contributed by atoms with van der Waals surface area (Å²) in [6.45, 7) is 14.3. The Hall–Kier alpha value is -6.86. The van der Waals surface area contributed by atoms with Gasteiger partial charge in [0.2, 0.25) is 17.8 Å². The number of carbonyl (C=O) groups excluding carboxylic acids is 4. The Morgan fingerprint density at radius 2 is 1.49 bits per heavy atom. The highest BCUT2D eigenvalue weighted by Gasteiger charge is 2.31. The van der Waals surface area contributed by atoms with Crippen LogP contribution in [0.2, 0.25) is 0 Å². The van der Waals surface area contributed by atoms with E-state index in [2.05, 4.69) is 32.3 Å². The van der Waals surface area contributed by atoms with E-state index in [4.69, 9.17) is 30.7 Å². The topological polar surface area (TPSA) is 232 Å². The Bertz CT molecular complexity index is 2570. The third-order valence-electron chi connectivity index (χ3n) is 10.7. The van der Waals surface area contributed by atoms with Crippen LogP contribution in [0.5, 0.6) is 11.5 Å². The predicted octanol–water partition coefficient (Wildman–Crippen LogP) is 4.14. The highest BCUT2D eigenvalue weighted by Crippen LogP contribution is 2.40. The van der Waals surface area contributed by atoms with E-state index in [-0.39, 0.29) is 36.6 Å². The number of fused-ring (bicyclic) bond motifs is 2. The summed E-state index contributed by atoms with van der Waals surface area (Å²) in [4.78, 5) is 65.9. The number of anilines is 2. The summed E-state index contributed by atoms with van der Waals surface area (Å²) in [6.07, 6.45) is 4.70. The number of likely N-dealkylation sites (N-methyl/N-ethyl adjacent to an activating group) is 1. The molecule has 334 valence electrons. The molecule has 4 heterocycles. The van der Waals surface area contributed by atoms with Gasteiger partial charge in [0, 0.05) is 63.9 Å². The molecule has 3 aromatic heterocycles. The summed E-state index contributed by atoms with van der Waals surface area (Å²) in [5, 5.41) is 11.8. The largest absolute Gasteiger partial charge is 0.494 e. The number of benzene rings is 2. The van der Waals surface area contributed by atoms with Gasteiger partial charge >= 0.3 is 0 Å². The fourth-order valence-corrected chi connectivity index (χ4v) is 7.60. The maximum Gasteiger partial charge on any atom is 0.296 e. The van der Waals surface area contributed by atoms with Crippen molar-refractivity contribution in [2.45, 2.75) is 67.1 Å². The SMILES string of the molecule is CCN(CCCOc1cc(C(N)=O)cc2c1N(C/C=C/Cn1c(NC(=O)c3cc(C)nn3CC)nc3cc(C(N)=O)cc(OC)c31)C(=NC(=O)c1cc(C)nn1CC)C2)CCOC. The van der Waals surface area contributed by atoms with Crippen molar-refractivity contribution in [2.24, 2.45) is 16.5 Å². The minimum absolute atomic E-state index is 0.187. The Labute approximate surface area is 365 Å². The number of aryl methyl sites for hydroxylation is 4. The molecule has 0 spiro atoms. The number of ether oxygens (including phenoxy) is 3. The van der Waals surface area contributed by atoms with Crippen molar-refractivity contribution in [2.75, 3.05) is 63.8 Å². The van der Waals surface area contributed by atoms with Gasteiger partial charge in [0.25, 0.3) is 11.8 Å². The molecule has 2 aromatic carbocycles. The van der Waals surface area contributed by atoms with Crippen molar-refractivity contribution in [3.63, 3.8) is 0 Å². The molecule has 0 aliphatic carbocycles. The lowest BCUT2D eigenvalue weighted by molar-refractivity contribution is 0.0986. The van der Waals surface area contributed by atoms with E-state index in [1.54, 1.807) is 51.4 Å². The Kier molecular flexibility index (Phi) is 14.7. The number of hydrogen-bond donors (Lipinski definition) is 3. The van der Waals surface area contributed by atoms with Gasteiger partial charge in [0.1, 0.15) is 34.2 Å². The number of nitrogens with one attached hydrogen (secondary N) is 1. The molecule has 1 aliphatic heterocycles. The van der Waals surface area contributed by atoms with Gasteiger partial charge in [-0.2, -0.15) is 15.2 Å². The normalized spacial score (nSPS) is 13.1. The highest BCUT2D eigenvalue weighted by atomic mass is 16.5. The molecule has 1 aliphatic rings. The first-order valence-corrected chi connectivity index (χ1v) is 20.9. The number of nitrogens with two attached hydrogens (primary N) is 2. The lowest BCUT2D eigenvalue weighted by Gasteiger charge is -2.23. The van der Waals surface area contributed by atoms with Crippen molar-refractivity contribution in [1.29, 1.82) is 0 Å². The molecule has 6 rings (SSSR count). The lowest BCUT2D eigenvalue weighted by atomic mass is 10.1. The number of primary amides is 2. The first-order valence-electron chi connectivity index (χ1n) is 20.9. The summed E-state index contributed by atoms with van der Waals surface area (Å²) in [5.74, 6) is -0.767. The van der Waals surface area contributed by atoms with E-state index in [1.165, 1.54) is 13.2 Å². The number of nitrogens with zero attached hydrogens (tertiary/aromatic N) is 9. The first kappa shape index (κ1) is 45.7. The molecule has 0 radical (unpaired) electrons. The van der Waals surface area contributed by atoms with Crippen LogP contribution < -0.4 is 31.2 Å². The smallest absolute Gasteiger partial charge is 0.296 e. The average Bonchev–Trinajstić information content (AvgIpc) is 4.03. The van der Waals surface area contributed by atoms with E-state index in [0.29, 0.717) is 89.6 Å². The van der Waals surface area contributed by atoms with Gasteiger partial charge in [-0.1, -0.05) is 19.1 Å². The summed E-state index contributed by atoms with van der Waals surface area (Å²) >= 11 is 0. The third kappa shape index (κ3) is 10.3. The molecule has 0 saturated heterocycles. The monoisotopic (exact) mass is 864 g/mol. The number of carbonyl (C=O) groups is 4. The lowest BCUT2D eigenvalue weighted by Crippen LogP contribution is -2.30. The van der Waals surface area contributed by atoms with E-state index in [1.807, 2.05) is 44.7 Å². The molecule has 4 amide bonds. The molecule has 0 atom stereocenters. The van der Waals surface area contributed by atoms with Gasteiger partial charge in [-0.25, -0.2) is 4.98 Å². The van der Waals surface area contributed by atoms with Gasteiger partial charge in [0.15, 0.2) is 0 Å². The zero-order valence-corrected chi connectivity index (χ0v) is 36.9. The molecule has 19 heteroatoms. The van der Waals surface area contributed by atoms with Gasteiger partial charge < -0.3 is 40.0 Å². The van der Waals surface area contributed by atoms with Crippen molar-refractivity contribution < 1.29 is 33.4 Å². The Morgan fingerprint density at radius 1 is 0.841 bits per heavy atom. The minimum atomic E-state index is -0.662. The van der Waals surface area contributed by atoms with E-state index in [0.717, 1.165) is 25.2 Å². The van der Waals surface area contributed by atoms with Crippen molar-refractivity contribution in [1.82, 2.24) is 34.0 Å². The van der Waals surface area contributed by atoms with Crippen LogP contribution in [0.25, 0.3) is 11.0 Å². The van der Waals surface area contributed by atoms with Crippen LogP contribution in [0.15, 0.2) is 53.5 Å². The predicted molar refractivity (Wildman–Crippen MR) is 239 cm³/mol. The molecule has 5 aromatic rings. The molecule has 0 fully saturated rings. The molecule has 0 saturated carbocycles. The number of rotatable bonds is 21. The molecule has 63 heavy (non-hydrogen) atoms. The van der Waals surface area contributed by atoms with Crippen LogP contribution >= 0.6 is 0 Å². The number of methoxy groups -OCH3 is 2. The molecule has 19 nitrogen and oxygen atoms in total. The Morgan fingerprint density at radius 3 is 2.14 bits per heavy atom. The zero-order chi connectivity index (χ0) is 45.4. The average molecular weight is 865 g/mol. The number of hydrogen-bond acceptors (Lipinski definition) is 11. The number of aliphatic imine (C=N–C) groups is 1. The number of imidazole rings is 1. The summed E-state index contributed by atoms with van der Waals surface area (Å²) in [6, 6.07) is 9.82. The first-order chi connectivity index (χ1) is 30.3. The zero-order valence-electron chi connectivity index (χ0n) is 36.9. The maximum absolute atomic E-state index is 13.8. The van der Waals surface area contributed by atoms with Crippen molar-refractivity contribution in [3.05, 3.63) is 88.0 Å². The van der Waals surface area contributed by atoms with Gasteiger partial charge in [-0.15, -0.1) is 0 Å². The molecule has 0 unspecified atom stereocenters. The van der Waals surface area contributed by atoms with Crippen LogP contribution in [0.4, 0.5) is 11.6 Å².